The van der Waals surface area contributed by atoms with E-state index >= 15 is 0 Å². The molecule has 0 atom stereocenters. The van der Waals surface area contributed by atoms with E-state index in [0.717, 1.165) is 0 Å². The van der Waals surface area contributed by atoms with E-state index in [0.29, 0.717) is 0 Å². The molecule has 0 amide bonds. The molecule has 1 fully saturated rings. The predicted molar refractivity (Wildman–Crippen MR) is 51.6 cm³/mol. The fourth-order valence-electron chi connectivity index (χ4n) is 1.49. The Morgan fingerprint density at radius 1 is 1.27 bits per heavy atom. The average Bonchev–Trinajstić information content (AvgIpc) is 2.37. The summed E-state index contributed by atoms with van der Waals surface area (Å²) >= 11 is 3.92. The molecule has 1 heterocycles. The Hall–Kier alpha value is -0.130. The molecule has 11 heavy (non-hydrogen) atoms. The van der Waals surface area contributed by atoms with Gasteiger partial charge in [0.25, 0.3) is 0 Å². The summed E-state index contributed by atoms with van der Waals surface area (Å²) < 4.78 is 0. The first-order valence-corrected chi connectivity index (χ1v) is 4.53. The van der Waals surface area contributed by atoms with Crippen molar-refractivity contribution in [2.24, 2.45) is 0 Å². The van der Waals surface area contributed by atoms with E-state index in [-0.39, 0.29) is 5.54 Å². The van der Waals surface area contributed by atoms with Gasteiger partial charge in [-0.05, 0) is 45.0 Å². The molecule has 1 nitrogen and oxygen atoms in total. The van der Waals surface area contributed by atoms with Crippen LogP contribution >= 0.6 is 12.6 Å². The Labute approximate surface area is 74.6 Å². The van der Waals surface area contributed by atoms with Crippen molar-refractivity contribution in [3.05, 3.63) is 0 Å². The first-order valence-electron chi connectivity index (χ1n) is 4.08. The topological polar surface area (TPSA) is 3.24 Å². The summed E-state index contributed by atoms with van der Waals surface area (Å²) in [5.74, 6) is 3.10. The molecule has 1 rings (SSSR count). The van der Waals surface area contributed by atoms with Gasteiger partial charge >= 0.3 is 0 Å². The highest BCUT2D eigenvalue weighted by atomic mass is 32.1. The van der Waals surface area contributed by atoms with Crippen LogP contribution in [0.15, 0.2) is 0 Å². The monoisotopic (exact) mass is 169 g/mol. The zero-order valence-corrected chi connectivity index (χ0v) is 8.12. The number of hydrogen-bond acceptors (Lipinski definition) is 2. The molecule has 0 aliphatic carbocycles. The number of hydrogen-bond donors (Lipinski definition) is 1. The summed E-state index contributed by atoms with van der Waals surface area (Å²) in [6, 6.07) is 0. The molecular weight excluding hydrogens is 154 g/mol. The first kappa shape index (κ1) is 8.96. The second-order valence-corrected chi connectivity index (χ2v) is 3.71. The number of thiol groups is 1. The summed E-state index contributed by atoms with van der Waals surface area (Å²) in [4.78, 5) is 2.41. The molecule has 0 bridgehead atoms. The van der Waals surface area contributed by atoms with Gasteiger partial charge in [0.2, 0.25) is 0 Å². The third-order valence-corrected chi connectivity index (χ3v) is 2.37. The van der Waals surface area contributed by atoms with Crippen LogP contribution in [0, 0.1) is 11.2 Å². The van der Waals surface area contributed by atoms with Crippen LogP contribution in [0.2, 0.25) is 0 Å². The fourth-order valence-corrected chi connectivity index (χ4v) is 1.77. The van der Waals surface area contributed by atoms with Crippen LogP contribution < -0.4 is 0 Å². The van der Waals surface area contributed by atoms with Gasteiger partial charge in [-0.1, -0.05) is 18.5 Å². The van der Waals surface area contributed by atoms with E-state index in [2.05, 4.69) is 42.5 Å². The predicted octanol–water partition coefficient (Wildman–Crippen LogP) is 1.75. The van der Waals surface area contributed by atoms with Crippen LogP contribution in [0.5, 0.6) is 0 Å². The van der Waals surface area contributed by atoms with Gasteiger partial charge < -0.3 is 0 Å². The minimum absolute atomic E-state index is 0.0260. The first-order chi connectivity index (χ1) is 5.17. The van der Waals surface area contributed by atoms with E-state index in [9.17, 15) is 0 Å². The van der Waals surface area contributed by atoms with Crippen molar-refractivity contribution in [1.29, 1.82) is 0 Å². The Morgan fingerprint density at radius 2 is 1.82 bits per heavy atom. The van der Waals surface area contributed by atoms with Gasteiger partial charge in [-0.2, -0.15) is 0 Å². The van der Waals surface area contributed by atoms with Crippen molar-refractivity contribution in [2.75, 3.05) is 13.1 Å². The van der Waals surface area contributed by atoms with E-state index in [1.165, 1.54) is 25.9 Å². The van der Waals surface area contributed by atoms with Crippen molar-refractivity contribution in [3.63, 3.8) is 0 Å². The highest BCUT2D eigenvalue weighted by Gasteiger charge is 2.26. The standard InChI is InChI=1S/C9H15NS/c1-9(2,5-8-11)10-6-3-4-7-10/h11H,3-4,6-7H2,1-2H3. The van der Waals surface area contributed by atoms with Crippen molar-refractivity contribution >= 4 is 12.6 Å². The third kappa shape index (κ3) is 2.15. The smallest absolute Gasteiger partial charge is 0.0777 e. The minimum atomic E-state index is 0.0260. The van der Waals surface area contributed by atoms with Gasteiger partial charge in [0, 0.05) is 0 Å². The Balaban J connectivity index is 2.60. The highest BCUT2D eigenvalue weighted by Crippen LogP contribution is 2.19. The van der Waals surface area contributed by atoms with E-state index < -0.39 is 0 Å². The van der Waals surface area contributed by atoms with Gasteiger partial charge in [0.05, 0.1) is 5.54 Å². The van der Waals surface area contributed by atoms with Crippen molar-refractivity contribution in [2.45, 2.75) is 32.2 Å². The van der Waals surface area contributed by atoms with Crippen molar-refractivity contribution in [3.8, 4) is 11.2 Å². The maximum atomic E-state index is 3.92. The van der Waals surface area contributed by atoms with Crippen LogP contribution in [0.25, 0.3) is 0 Å². The molecule has 1 aliphatic rings. The second kappa shape index (κ2) is 3.51. The Kier molecular flexibility index (Phi) is 2.86. The molecule has 1 saturated heterocycles. The van der Waals surface area contributed by atoms with Crippen LogP contribution in [-0.2, 0) is 0 Å². The highest BCUT2D eigenvalue weighted by molar-refractivity contribution is 7.85. The number of rotatable bonds is 1. The van der Waals surface area contributed by atoms with Gasteiger partial charge in [-0.25, -0.2) is 0 Å². The molecule has 0 aromatic heterocycles. The van der Waals surface area contributed by atoms with E-state index in [1.54, 1.807) is 0 Å². The average molecular weight is 169 g/mol. The lowest BCUT2D eigenvalue weighted by molar-refractivity contribution is 0.214. The molecule has 1 aliphatic heterocycles. The summed E-state index contributed by atoms with van der Waals surface area (Å²) in [7, 11) is 0. The third-order valence-electron chi connectivity index (χ3n) is 2.26. The molecule has 0 saturated carbocycles. The summed E-state index contributed by atoms with van der Waals surface area (Å²) in [5, 5.41) is 2.69. The van der Waals surface area contributed by atoms with Gasteiger partial charge in [0.15, 0.2) is 0 Å². The molecule has 0 N–H and O–H groups in total. The van der Waals surface area contributed by atoms with Crippen LogP contribution in [0.1, 0.15) is 26.7 Å². The van der Waals surface area contributed by atoms with Crippen LogP contribution in [0.3, 0.4) is 0 Å². The molecular formula is C9H15NS. The second-order valence-electron chi connectivity index (χ2n) is 3.49. The molecule has 0 spiro atoms. The molecule has 62 valence electrons. The SMILES string of the molecule is CC(C)(C#CS)N1CCCC1. The number of nitrogens with zero attached hydrogens (tertiary/aromatic N) is 1. The zero-order valence-electron chi connectivity index (χ0n) is 7.22. The Bertz CT molecular complexity index is 181. The summed E-state index contributed by atoms with van der Waals surface area (Å²) in [5.41, 5.74) is 0.0260. The molecule has 0 aromatic rings. The lowest BCUT2D eigenvalue weighted by atomic mass is 10.1. The summed E-state index contributed by atoms with van der Waals surface area (Å²) in [6.45, 7) is 6.69. The lowest BCUT2D eigenvalue weighted by Gasteiger charge is -2.29. The maximum Gasteiger partial charge on any atom is 0.0777 e. The molecule has 0 radical (unpaired) electrons. The molecule has 0 unspecified atom stereocenters. The lowest BCUT2D eigenvalue weighted by Crippen LogP contribution is -2.40. The van der Waals surface area contributed by atoms with Gasteiger partial charge in [0.1, 0.15) is 0 Å². The fraction of sp³-hybridized carbons (Fsp3) is 0.778. The van der Waals surface area contributed by atoms with E-state index in [1.807, 2.05) is 0 Å². The molecule has 2 heteroatoms. The van der Waals surface area contributed by atoms with Gasteiger partial charge in [-0.15, -0.1) is 0 Å². The largest absolute Gasteiger partial charge is 0.288 e. The van der Waals surface area contributed by atoms with Gasteiger partial charge in [-0.3, -0.25) is 4.90 Å². The van der Waals surface area contributed by atoms with E-state index in [4.69, 9.17) is 0 Å². The number of likely N-dealkylation sites (tertiary alicyclic amines) is 1. The normalized spacial score (nSPS) is 19.5. The maximum absolute atomic E-state index is 3.92. The quantitative estimate of drug-likeness (QED) is 0.462. The Morgan fingerprint density at radius 3 is 2.27 bits per heavy atom. The van der Waals surface area contributed by atoms with Crippen molar-refractivity contribution in [1.82, 2.24) is 4.90 Å². The van der Waals surface area contributed by atoms with Crippen LogP contribution in [0.4, 0.5) is 0 Å². The zero-order chi connectivity index (χ0) is 8.32. The van der Waals surface area contributed by atoms with Crippen molar-refractivity contribution < 1.29 is 0 Å². The summed E-state index contributed by atoms with van der Waals surface area (Å²) in [6.07, 6.45) is 2.63. The van der Waals surface area contributed by atoms with Crippen LogP contribution in [-0.4, -0.2) is 23.5 Å². The molecule has 0 aromatic carbocycles. The minimum Gasteiger partial charge on any atom is -0.288 e.